The molecule has 2 aromatic rings. The van der Waals surface area contributed by atoms with Crippen molar-refractivity contribution < 1.29 is 9.53 Å². The summed E-state index contributed by atoms with van der Waals surface area (Å²) in [6.07, 6.45) is 3.12. The summed E-state index contributed by atoms with van der Waals surface area (Å²) < 4.78 is 6.43. The fourth-order valence-corrected chi connectivity index (χ4v) is 3.92. The summed E-state index contributed by atoms with van der Waals surface area (Å²) in [5.41, 5.74) is 6.41. The number of halogens is 1. The Morgan fingerprint density at radius 2 is 2.29 bits per heavy atom. The van der Waals surface area contributed by atoms with Crippen LogP contribution in [0.15, 0.2) is 18.2 Å². The molecule has 0 atom stereocenters. The lowest BCUT2D eigenvalue weighted by molar-refractivity contribution is -0.0679. The quantitative estimate of drug-likeness (QED) is 0.905. The van der Waals surface area contributed by atoms with E-state index in [4.69, 9.17) is 22.1 Å². The van der Waals surface area contributed by atoms with Crippen molar-refractivity contribution in [3.8, 4) is 0 Å². The molecule has 4 nitrogen and oxygen atoms in total. The number of thiophene rings is 1. The molecule has 1 aliphatic rings. The predicted octanol–water partition coefficient (Wildman–Crippen LogP) is 3.44. The van der Waals surface area contributed by atoms with E-state index in [0.717, 1.165) is 29.3 Å². The first kappa shape index (κ1) is 14.6. The number of nitrogen functional groups attached to an aromatic ring is 1. The monoisotopic (exact) mass is 324 g/mol. The molecular formula is C15H17ClN2O2S. The molecule has 1 saturated carbocycles. The molecule has 0 aliphatic heterocycles. The molecule has 0 spiro atoms. The fraction of sp³-hybridized carbons (Fsp3) is 0.400. The molecule has 3 N–H and O–H groups in total. The van der Waals surface area contributed by atoms with Crippen LogP contribution < -0.4 is 11.1 Å². The van der Waals surface area contributed by atoms with Gasteiger partial charge in [-0.25, -0.2) is 0 Å². The van der Waals surface area contributed by atoms with E-state index in [1.165, 1.54) is 11.3 Å². The van der Waals surface area contributed by atoms with Crippen molar-refractivity contribution in [3.05, 3.63) is 28.1 Å². The molecule has 21 heavy (non-hydrogen) atoms. The molecule has 6 heteroatoms. The van der Waals surface area contributed by atoms with Crippen LogP contribution >= 0.6 is 22.9 Å². The van der Waals surface area contributed by atoms with E-state index in [9.17, 15) is 4.79 Å². The number of anilines is 1. The Morgan fingerprint density at radius 1 is 1.52 bits per heavy atom. The molecule has 1 fully saturated rings. The van der Waals surface area contributed by atoms with Crippen molar-refractivity contribution >= 4 is 44.6 Å². The lowest BCUT2D eigenvalue weighted by atomic mass is 9.80. The van der Waals surface area contributed by atoms with Crippen molar-refractivity contribution in [1.82, 2.24) is 5.32 Å². The van der Waals surface area contributed by atoms with Gasteiger partial charge in [0.2, 0.25) is 0 Å². The summed E-state index contributed by atoms with van der Waals surface area (Å²) in [5.74, 6) is -0.145. The first-order valence-electron chi connectivity index (χ1n) is 6.85. The summed E-state index contributed by atoms with van der Waals surface area (Å²) in [7, 11) is 1.70. The molecule has 1 aromatic carbocycles. The minimum Gasteiger partial charge on any atom is -0.397 e. The van der Waals surface area contributed by atoms with Crippen LogP contribution in [-0.4, -0.2) is 25.2 Å². The smallest absolute Gasteiger partial charge is 0.263 e. The first-order valence-corrected chi connectivity index (χ1v) is 8.05. The van der Waals surface area contributed by atoms with Gasteiger partial charge in [0.15, 0.2) is 0 Å². The number of nitrogens with one attached hydrogen (secondary N) is 1. The third-order valence-electron chi connectivity index (χ3n) is 4.17. The van der Waals surface area contributed by atoms with Crippen molar-refractivity contribution in [2.45, 2.75) is 24.9 Å². The number of hydrogen-bond acceptors (Lipinski definition) is 4. The Morgan fingerprint density at radius 3 is 2.90 bits per heavy atom. The zero-order valence-corrected chi connectivity index (χ0v) is 13.3. The van der Waals surface area contributed by atoms with Crippen molar-refractivity contribution in [2.24, 2.45) is 0 Å². The molecule has 3 rings (SSSR count). The largest absolute Gasteiger partial charge is 0.397 e. The van der Waals surface area contributed by atoms with Crippen LogP contribution in [0.25, 0.3) is 10.1 Å². The average Bonchev–Trinajstić information content (AvgIpc) is 2.74. The summed E-state index contributed by atoms with van der Waals surface area (Å²) >= 11 is 7.34. The number of hydrogen-bond donors (Lipinski definition) is 2. The van der Waals surface area contributed by atoms with Crippen molar-refractivity contribution in [3.63, 3.8) is 0 Å². The Kier molecular flexibility index (Phi) is 3.82. The zero-order valence-electron chi connectivity index (χ0n) is 11.7. The van der Waals surface area contributed by atoms with Crippen molar-refractivity contribution in [1.29, 1.82) is 0 Å². The summed E-state index contributed by atoms with van der Waals surface area (Å²) in [6, 6.07) is 5.46. The highest BCUT2D eigenvalue weighted by atomic mass is 35.5. The molecule has 1 amide bonds. The molecule has 0 unspecified atom stereocenters. The van der Waals surface area contributed by atoms with Crippen LogP contribution in [0.1, 0.15) is 28.9 Å². The summed E-state index contributed by atoms with van der Waals surface area (Å²) in [5, 5.41) is 4.46. The van der Waals surface area contributed by atoms with E-state index < -0.39 is 0 Å². The second-order valence-corrected chi connectivity index (χ2v) is 6.90. The number of benzene rings is 1. The standard InChI is InChI=1S/C15H17ClN2O2S/c1-20-15(5-2-6-15)8-18-14(19)13-12(17)10-4-3-9(16)7-11(10)21-13/h3-4,7H,2,5-6,8,17H2,1H3,(H,18,19). The SMILES string of the molecule is COC1(CNC(=O)c2sc3cc(Cl)ccc3c2N)CCC1. The van der Waals surface area contributed by atoms with E-state index >= 15 is 0 Å². The topological polar surface area (TPSA) is 64.3 Å². The summed E-state index contributed by atoms with van der Waals surface area (Å²) in [6.45, 7) is 0.525. The molecular weight excluding hydrogens is 308 g/mol. The number of carbonyl (C=O) groups is 1. The Labute approximate surface area is 132 Å². The van der Waals surface area contributed by atoms with Crippen LogP contribution in [0.5, 0.6) is 0 Å². The Bertz CT molecular complexity index is 689. The number of ether oxygens (including phenoxy) is 1. The maximum absolute atomic E-state index is 12.4. The number of rotatable bonds is 4. The van der Waals surface area contributed by atoms with Crippen molar-refractivity contribution in [2.75, 3.05) is 19.4 Å². The van der Waals surface area contributed by atoms with Gasteiger partial charge < -0.3 is 15.8 Å². The third kappa shape index (κ3) is 2.61. The van der Waals surface area contributed by atoms with Gasteiger partial charge in [0.05, 0.1) is 11.3 Å². The fourth-order valence-electron chi connectivity index (χ4n) is 2.60. The number of fused-ring (bicyclic) bond motifs is 1. The maximum Gasteiger partial charge on any atom is 0.263 e. The van der Waals surface area contributed by atoms with Gasteiger partial charge in [-0.2, -0.15) is 0 Å². The van der Waals surface area contributed by atoms with E-state index in [2.05, 4.69) is 5.32 Å². The van der Waals surface area contributed by atoms with E-state index in [1.54, 1.807) is 13.2 Å². The number of amides is 1. The van der Waals surface area contributed by atoms with Gasteiger partial charge in [-0.15, -0.1) is 11.3 Å². The Hall–Kier alpha value is -1.30. The van der Waals surface area contributed by atoms with Crippen LogP contribution in [0.2, 0.25) is 5.02 Å². The average molecular weight is 325 g/mol. The van der Waals surface area contributed by atoms with E-state index in [0.29, 0.717) is 22.1 Å². The molecule has 1 aliphatic carbocycles. The van der Waals surface area contributed by atoms with Crippen LogP contribution in [-0.2, 0) is 4.74 Å². The lowest BCUT2D eigenvalue weighted by Gasteiger charge is -2.40. The molecule has 0 bridgehead atoms. The maximum atomic E-state index is 12.4. The van der Waals surface area contributed by atoms with Gasteiger partial charge in [0, 0.05) is 28.8 Å². The number of methoxy groups -OCH3 is 1. The van der Waals surface area contributed by atoms with Gasteiger partial charge in [-0.1, -0.05) is 11.6 Å². The normalized spacial score (nSPS) is 16.7. The lowest BCUT2D eigenvalue weighted by Crippen LogP contribution is -2.49. The van der Waals surface area contributed by atoms with E-state index in [-0.39, 0.29) is 11.5 Å². The molecule has 0 radical (unpaired) electrons. The first-order chi connectivity index (χ1) is 10.0. The van der Waals surface area contributed by atoms with Gasteiger partial charge >= 0.3 is 0 Å². The minimum atomic E-state index is -0.190. The molecule has 112 valence electrons. The number of carbonyl (C=O) groups excluding carboxylic acids is 1. The highest BCUT2D eigenvalue weighted by Gasteiger charge is 2.37. The van der Waals surface area contributed by atoms with Gasteiger partial charge in [-0.3, -0.25) is 4.79 Å². The van der Waals surface area contributed by atoms with Gasteiger partial charge in [0.1, 0.15) is 4.88 Å². The molecule has 1 aromatic heterocycles. The minimum absolute atomic E-state index is 0.145. The molecule has 0 saturated heterocycles. The van der Waals surface area contributed by atoms with Gasteiger partial charge in [-0.05, 0) is 37.5 Å². The third-order valence-corrected chi connectivity index (χ3v) is 5.57. The highest BCUT2D eigenvalue weighted by Crippen LogP contribution is 2.36. The van der Waals surface area contributed by atoms with Crippen LogP contribution in [0, 0.1) is 0 Å². The van der Waals surface area contributed by atoms with E-state index in [1.807, 2.05) is 12.1 Å². The molecule has 1 heterocycles. The second kappa shape index (κ2) is 5.48. The second-order valence-electron chi connectivity index (χ2n) is 5.41. The van der Waals surface area contributed by atoms with Crippen LogP contribution in [0.4, 0.5) is 5.69 Å². The number of nitrogens with two attached hydrogens (primary N) is 1. The Balaban J connectivity index is 1.80. The zero-order chi connectivity index (χ0) is 15.0. The predicted molar refractivity (Wildman–Crippen MR) is 87.2 cm³/mol. The summed E-state index contributed by atoms with van der Waals surface area (Å²) in [4.78, 5) is 12.9. The highest BCUT2D eigenvalue weighted by molar-refractivity contribution is 7.21. The van der Waals surface area contributed by atoms with Gasteiger partial charge in [0.25, 0.3) is 5.91 Å². The van der Waals surface area contributed by atoms with Crippen LogP contribution in [0.3, 0.4) is 0 Å².